The molecule has 0 bridgehead atoms. The van der Waals surface area contributed by atoms with Crippen LogP contribution < -0.4 is 4.90 Å². The van der Waals surface area contributed by atoms with Gasteiger partial charge in [-0.15, -0.1) is 0 Å². The number of anilines is 1. The minimum absolute atomic E-state index is 0.0502. The van der Waals surface area contributed by atoms with Crippen molar-refractivity contribution in [3.63, 3.8) is 0 Å². The third-order valence-corrected chi connectivity index (χ3v) is 4.78. The lowest BCUT2D eigenvalue weighted by atomic mass is 10.1. The van der Waals surface area contributed by atoms with Gasteiger partial charge < -0.3 is 14.4 Å². The van der Waals surface area contributed by atoms with E-state index in [1.54, 1.807) is 46.6 Å². The second kappa shape index (κ2) is 7.25. The first kappa shape index (κ1) is 17.3. The van der Waals surface area contributed by atoms with Gasteiger partial charge in [-0.1, -0.05) is 17.7 Å². The molecule has 1 saturated heterocycles. The number of nitrogens with zero attached hydrogens (tertiary/aromatic N) is 4. The van der Waals surface area contributed by atoms with Gasteiger partial charge in [0.2, 0.25) is 5.91 Å². The average Bonchev–Trinajstić information content (AvgIpc) is 3.22. The molecule has 2 heterocycles. The van der Waals surface area contributed by atoms with E-state index in [1.807, 2.05) is 35.0 Å². The Bertz CT molecular complexity index is 970. The fourth-order valence-electron chi connectivity index (χ4n) is 3.13. The standard InChI is InChI=1S/C20H17ClN4O2/c21-16-2-1-3-18(12-16)25-11-10-23(13-19(25)26)20(27)15-4-6-17(7-5-15)24-9-8-22-14-24/h1-9,12,14H,10-11,13H2. The van der Waals surface area contributed by atoms with Crippen molar-refractivity contribution in [2.75, 3.05) is 24.5 Å². The minimum atomic E-state index is -0.147. The van der Waals surface area contributed by atoms with Crippen molar-refractivity contribution in [2.24, 2.45) is 0 Å². The number of aromatic nitrogens is 2. The van der Waals surface area contributed by atoms with Crippen molar-refractivity contribution in [1.82, 2.24) is 14.5 Å². The summed E-state index contributed by atoms with van der Waals surface area (Å²) in [4.78, 5) is 32.6. The summed E-state index contributed by atoms with van der Waals surface area (Å²) in [5, 5.41) is 0.580. The average molecular weight is 381 g/mol. The first-order valence-electron chi connectivity index (χ1n) is 8.55. The smallest absolute Gasteiger partial charge is 0.254 e. The first-order chi connectivity index (χ1) is 13.1. The van der Waals surface area contributed by atoms with Crippen LogP contribution in [0.4, 0.5) is 5.69 Å². The van der Waals surface area contributed by atoms with E-state index in [0.717, 1.165) is 11.4 Å². The van der Waals surface area contributed by atoms with Crippen molar-refractivity contribution in [2.45, 2.75) is 0 Å². The summed E-state index contributed by atoms with van der Waals surface area (Å²) in [6.45, 7) is 0.965. The molecule has 0 radical (unpaired) electrons. The van der Waals surface area contributed by atoms with E-state index in [1.165, 1.54) is 0 Å². The Labute approximate surface area is 161 Å². The van der Waals surface area contributed by atoms with Gasteiger partial charge in [0, 0.05) is 47.4 Å². The van der Waals surface area contributed by atoms with Crippen LogP contribution in [0.2, 0.25) is 5.02 Å². The molecule has 27 heavy (non-hydrogen) atoms. The Hall–Kier alpha value is -3.12. The number of hydrogen-bond acceptors (Lipinski definition) is 3. The van der Waals surface area contributed by atoms with Crippen LogP contribution in [-0.2, 0) is 4.79 Å². The Morgan fingerprint density at radius 1 is 1.04 bits per heavy atom. The highest BCUT2D eigenvalue weighted by Gasteiger charge is 2.28. The zero-order valence-corrected chi connectivity index (χ0v) is 15.2. The van der Waals surface area contributed by atoms with Gasteiger partial charge in [-0.25, -0.2) is 4.98 Å². The predicted molar refractivity (Wildman–Crippen MR) is 103 cm³/mol. The van der Waals surface area contributed by atoms with Crippen molar-refractivity contribution < 1.29 is 9.59 Å². The summed E-state index contributed by atoms with van der Waals surface area (Å²) < 4.78 is 1.86. The molecule has 0 saturated carbocycles. The number of carbonyl (C=O) groups is 2. The van der Waals surface area contributed by atoms with Crippen molar-refractivity contribution in [3.8, 4) is 5.69 Å². The highest BCUT2D eigenvalue weighted by molar-refractivity contribution is 6.30. The molecule has 7 heteroatoms. The molecule has 6 nitrogen and oxygen atoms in total. The largest absolute Gasteiger partial charge is 0.328 e. The van der Waals surface area contributed by atoms with Crippen LogP contribution in [0.1, 0.15) is 10.4 Å². The number of halogens is 1. The quantitative estimate of drug-likeness (QED) is 0.701. The number of rotatable bonds is 3. The van der Waals surface area contributed by atoms with Crippen molar-refractivity contribution in [1.29, 1.82) is 0 Å². The Balaban J connectivity index is 1.45. The van der Waals surface area contributed by atoms with Gasteiger partial charge in [-0.3, -0.25) is 9.59 Å². The number of hydrogen-bond donors (Lipinski definition) is 0. The molecule has 0 atom stereocenters. The van der Waals surface area contributed by atoms with E-state index < -0.39 is 0 Å². The maximum absolute atomic E-state index is 12.8. The van der Waals surface area contributed by atoms with Gasteiger partial charge in [0.15, 0.2) is 0 Å². The molecule has 136 valence electrons. The molecule has 2 amide bonds. The molecular formula is C20H17ClN4O2. The van der Waals surface area contributed by atoms with Crippen LogP contribution >= 0.6 is 11.6 Å². The number of imidazole rings is 1. The van der Waals surface area contributed by atoms with Crippen molar-refractivity contribution in [3.05, 3.63) is 77.8 Å². The number of carbonyl (C=O) groups excluding carboxylic acids is 2. The summed E-state index contributed by atoms with van der Waals surface area (Å²) in [6.07, 6.45) is 5.24. The SMILES string of the molecule is O=C(c1ccc(-n2ccnc2)cc1)N1CCN(c2cccc(Cl)c2)C(=O)C1. The molecule has 1 aliphatic heterocycles. The normalized spacial score (nSPS) is 14.5. The van der Waals surface area contributed by atoms with Gasteiger partial charge in [-0.05, 0) is 42.5 Å². The predicted octanol–water partition coefficient (Wildman–Crippen LogP) is 3.01. The van der Waals surface area contributed by atoms with Crippen LogP contribution in [0.5, 0.6) is 0 Å². The molecule has 2 aromatic carbocycles. The number of amides is 2. The Morgan fingerprint density at radius 2 is 1.85 bits per heavy atom. The van der Waals surface area contributed by atoms with E-state index in [0.29, 0.717) is 23.7 Å². The maximum atomic E-state index is 12.8. The summed E-state index contributed by atoms with van der Waals surface area (Å²) >= 11 is 6.01. The van der Waals surface area contributed by atoms with Crippen molar-refractivity contribution >= 4 is 29.1 Å². The maximum Gasteiger partial charge on any atom is 0.254 e. The highest BCUT2D eigenvalue weighted by atomic mass is 35.5. The van der Waals surface area contributed by atoms with Crippen LogP contribution in [0.3, 0.4) is 0 Å². The Kier molecular flexibility index (Phi) is 4.64. The molecule has 0 unspecified atom stereocenters. The zero-order valence-electron chi connectivity index (χ0n) is 14.5. The molecule has 1 fully saturated rings. The van der Waals surface area contributed by atoms with Gasteiger partial charge >= 0.3 is 0 Å². The monoisotopic (exact) mass is 380 g/mol. The van der Waals surface area contributed by atoms with Gasteiger partial charge in [0.05, 0.1) is 6.33 Å². The lowest BCUT2D eigenvalue weighted by Gasteiger charge is -2.34. The summed E-state index contributed by atoms with van der Waals surface area (Å²) in [5.74, 6) is -0.266. The zero-order chi connectivity index (χ0) is 18.8. The van der Waals surface area contributed by atoms with E-state index in [-0.39, 0.29) is 18.4 Å². The van der Waals surface area contributed by atoms with Crippen LogP contribution in [0.15, 0.2) is 67.3 Å². The second-order valence-corrected chi connectivity index (χ2v) is 6.71. The lowest BCUT2D eigenvalue weighted by Crippen LogP contribution is -2.52. The minimum Gasteiger partial charge on any atom is -0.328 e. The van der Waals surface area contributed by atoms with E-state index in [4.69, 9.17) is 11.6 Å². The van der Waals surface area contributed by atoms with Gasteiger partial charge in [0.1, 0.15) is 6.54 Å². The van der Waals surface area contributed by atoms with E-state index in [2.05, 4.69) is 4.98 Å². The fourth-order valence-corrected chi connectivity index (χ4v) is 3.32. The summed E-state index contributed by atoms with van der Waals surface area (Å²) in [6, 6.07) is 14.4. The molecular weight excluding hydrogens is 364 g/mol. The molecule has 0 N–H and O–H groups in total. The number of piperazine rings is 1. The molecule has 3 aromatic rings. The fraction of sp³-hybridized carbons (Fsp3) is 0.150. The molecule has 1 aliphatic rings. The van der Waals surface area contributed by atoms with Gasteiger partial charge in [-0.2, -0.15) is 0 Å². The third-order valence-electron chi connectivity index (χ3n) is 4.54. The summed E-state index contributed by atoms with van der Waals surface area (Å²) in [5.41, 5.74) is 2.23. The highest BCUT2D eigenvalue weighted by Crippen LogP contribution is 2.22. The van der Waals surface area contributed by atoms with Gasteiger partial charge in [0.25, 0.3) is 5.91 Å². The molecule has 0 spiro atoms. The molecule has 4 rings (SSSR count). The van der Waals surface area contributed by atoms with Crippen LogP contribution in [-0.4, -0.2) is 45.9 Å². The second-order valence-electron chi connectivity index (χ2n) is 6.27. The summed E-state index contributed by atoms with van der Waals surface area (Å²) in [7, 11) is 0. The third kappa shape index (κ3) is 3.57. The lowest BCUT2D eigenvalue weighted by molar-refractivity contribution is -0.120. The Morgan fingerprint density at radius 3 is 2.52 bits per heavy atom. The molecule has 1 aromatic heterocycles. The first-order valence-corrected chi connectivity index (χ1v) is 8.93. The molecule has 0 aliphatic carbocycles. The van der Waals surface area contributed by atoms with E-state index in [9.17, 15) is 9.59 Å². The van der Waals surface area contributed by atoms with E-state index >= 15 is 0 Å². The topological polar surface area (TPSA) is 58.4 Å². The van der Waals surface area contributed by atoms with Crippen LogP contribution in [0, 0.1) is 0 Å². The number of benzene rings is 2. The van der Waals surface area contributed by atoms with Crippen LogP contribution in [0.25, 0.3) is 5.69 Å².